The van der Waals surface area contributed by atoms with Gasteiger partial charge in [0.15, 0.2) is 5.78 Å². The molecule has 0 aliphatic rings. The predicted octanol–water partition coefficient (Wildman–Crippen LogP) is 5.82. The van der Waals surface area contributed by atoms with Crippen molar-refractivity contribution in [1.82, 2.24) is 9.78 Å². The number of alkyl halides is 2. The normalized spacial score (nSPS) is 11.3. The van der Waals surface area contributed by atoms with Crippen LogP contribution in [0.3, 0.4) is 0 Å². The molecule has 0 N–H and O–H groups in total. The maximum absolute atomic E-state index is 12.5. The SMILES string of the molecule is COc1ccc(/C=C/C(=O)c2cccc(OC(F)F)c2)cc1Cn1nc(C)c(Br)c1C. The number of ether oxygens (including phenoxy) is 2. The summed E-state index contributed by atoms with van der Waals surface area (Å²) in [6.07, 6.45) is 3.07. The van der Waals surface area contributed by atoms with Crippen molar-refractivity contribution in [2.24, 2.45) is 0 Å². The standard InChI is InChI=1S/C23H21BrF2N2O3/c1-14-22(24)15(2)28(27-14)13-18-11-16(8-10-21(18)30-3)7-9-20(29)17-5-4-6-19(12-17)31-23(25)26/h4-12,23H,13H2,1-3H3/b9-7+. The molecule has 2 aromatic carbocycles. The quantitative estimate of drug-likeness (QED) is 0.295. The number of hydrogen-bond donors (Lipinski definition) is 0. The largest absolute Gasteiger partial charge is 0.496 e. The van der Waals surface area contributed by atoms with Gasteiger partial charge in [-0.1, -0.05) is 24.3 Å². The zero-order chi connectivity index (χ0) is 22.5. The van der Waals surface area contributed by atoms with Gasteiger partial charge in [0.2, 0.25) is 0 Å². The Hall–Kier alpha value is -3.00. The molecule has 162 valence electrons. The van der Waals surface area contributed by atoms with Gasteiger partial charge in [0.05, 0.1) is 29.5 Å². The van der Waals surface area contributed by atoms with Crippen molar-refractivity contribution in [1.29, 1.82) is 0 Å². The number of benzene rings is 2. The molecule has 5 nitrogen and oxygen atoms in total. The van der Waals surface area contributed by atoms with Crippen LogP contribution < -0.4 is 9.47 Å². The smallest absolute Gasteiger partial charge is 0.387 e. The van der Waals surface area contributed by atoms with Crippen LogP contribution in [0, 0.1) is 13.8 Å². The Labute approximate surface area is 187 Å². The lowest BCUT2D eigenvalue weighted by Gasteiger charge is -2.11. The van der Waals surface area contributed by atoms with Crippen molar-refractivity contribution in [3.05, 3.63) is 81.1 Å². The molecular formula is C23H21BrF2N2O3. The Morgan fingerprint density at radius 2 is 2.00 bits per heavy atom. The summed E-state index contributed by atoms with van der Waals surface area (Å²) in [5.41, 5.74) is 3.86. The van der Waals surface area contributed by atoms with Gasteiger partial charge in [0.1, 0.15) is 11.5 Å². The molecule has 0 unspecified atom stereocenters. The monoisotopic (exact) mass is 490 g/mol. The Bertz CT molecular complexity index is 1130. The van der Waals surface area contributed by atoms with E-state index < -0.39 is 6.61 Å². The fraction of sp³-hybridized carbons (Fsp3) is 0.217. The second-order valence-electron chi connectivity index (χ2n) is 6.82. The van der Waals surface area contributed by atoms with Crippen molar-refractivity contribution in [3.8, 4) is 11.5 Å². The average molecular weight is 491 g/mol. The molecule has 0 atom stereocenters. The van der Waals surface area contributed by atoms with Crippen LogP contribution in [0.15, 0.2) is 53.0 Å². The van der Waals surface area contributed by atoms with Gasteiger partial charge in [-0.15, -0.1) is 0 Å². The predicted molar refractivity (Wildman–Crippen MR) is 118 cm³/mol. The molecule has 3 aromatic rings. The van der Waals surface area contributed by atoms with Gasteiger partial charge >= 0.3 is 6.61 Å². The summed E-state index contributed by atoms with van der Waals surface area (Å²) in [6.45, 7) is 1.47. The number of aryl methyl sites for hydroxylation is 1. The fourth-order valence-corrected chi connectivity index (χ4v) is 3.39. The lowest BCUT2D eigenvalue weighted by Crippen LogP contribution is -2.06. The van der Waals surface area contributed by atoms with E-state index in [-0.39, 0.29) is 17.1 Å². The average Bonchev–Trinajstić information content (AvgIpc) is 2.98. The Morgan fingerprint density at radius 3 is 2.65 bits per heavy atom. The van der Waals surface area contributed by atoms with Crippen molar-refractivity contribution in [2.75, 3.05) is 7.11 Å². The highest BCUT2D eigenvalue weighted by Gasteiger charge is 2.12. The highest BCUT2D eigenvalue weighted by atomic mass is 79.9. The number of carbonyl (C=O) groups is 1. The molecule has 0 radical (unpaired) electrons. The highest BCUT2D eigenvalue weighted by Crippen LogP contribution is 2.25. The molecule has 0 bridgehead atoms. The first-order chi connectivity index (χ1) is 14.8. The maximum atomic E-state index is 12.5. The maximum Gasteiger partial charge on any atom is 0.387 e. The minimum Gasteiger partial charge on any atom is -0.496 e. The molecule has 0 saturated carbocycles. The molecule has 1 heterocycles. The first-order valence-corrected chi connectivity index (χ1v) is 10.2. The number of allylic oxidation sites excluding steroid dienone is 1. The summed E-state index contributed by atoms with van der Waals surface area (Å²) in [4.78, 5) is 12.5. The highest BCUT2D eigenvalue weighted by molar-refractivity contribution is 9.10. The van der Waals surface area contributed by atoms with E-state index >= 15 is 0 Å². The third-order valence-electron chi connectivity index (χ3n) is 4.69. The van der Waals surface area contributed by atoms with E-state index in [1.165, 1.54) is 24.3 Å². The van der Waals surface area contributed by atoms with Crippen molar-refractivity contribution >= 4 is 27.8 Å². The minimum absolute atomic E-state index is 0.0583. The zero-order valence-electron chi connectivity index (χ0n) is 17.2. The van der Waals surface area contributed by atoms with E-state index in [2.05, 4.69) is 25.8 Å². The summed E-state index contributed by atoms with van der Waals surface area (Å²) in [6, 6.07) is 11.3. The van der Waals surface area contributed by atoms with E-state index in [1.807, 2.05) is 36.7 Å². The topological polar surface area (TPSA) is 53.4 Å². The van der Waals surface area contributed by atoms with E-state index in [4.69, 9.17) is 4.74 Å². The Balaban J connectivity index is 1.82. The van der Waals surface area contributed by atoms with Gasteiger partial charge in [-0.25, -0.2) is 0 Å². The molecule has 0 saturated heterocycles. The van der Waals surface area contributed by atoms with Gasteiger partial charge in [-0.2, -0.15) is 13.9 Å². The molecule has 0 spiro atoms. The molecule has 31 heavy (non-hydrogen) atoms. The molecular weight excluding hydrogens is 470 g/mol. The number of halogens is 3. The zero-order valence-corrected chi connectivity index (χ0v) is 18.8. The number of ketones is 1. The van der Waals surface area contributed by atoms with E-state index in [0.29, 0.717) is 12.3 Å². The van der Waals surface area contributed by atoms with Crippen LogP contribution in [0.2, 0.25) is 0 Å². The van der Waals surface area contributed by atoms with Gasteiger partial charge in [0, 0.05) is 11.1 Å². The lowest BCUT2D eigenvalue weighted by atomic mass is 10.1. The van der Waals surface area contributed by atoms with Crippen molar-refractivity contribution in [2.45, 2.75) is 27.0 Å². The van der Waals surface area contributed by atoms with Crippen molar-refractivity contribution in [3.63, 3.8) is 0 Å². The van der Waals surface area contributed by atoms with Crippen LogP contribution in [0.4, 0.5) is 8.78 Å². The number of aromatic nitrogens is 2. The van der Waals surface area contributed by atoms with Crippen LogP contribution in [-0.4, -0.2) is 29.3 Å². The summed E-state index contributed by atoms with van der Waals surface area (Å²) < 4.78 is 37.4. The third-order valence-corrected chi connectivity index (χ3v) is 5.84. The first-order valence-electron chi connectivity index (χ1n) is 9.42. The van der Waals surface area contributed by atoms with Crippen molar-refractivity contribution < 1.29 is 23.0 Å². The van der Waals surface area contributed by atoms with Crippen LogP contribution in [0.5, 0.6) is 11.5 Å². The molecule has 0 amide bonds. The summed E-state index contributed by atoms with van der Waals surface area (Å²) >= 11 is 3.53. The van der Waals surface area contributed by atoms with Gasteiger partial charge in [-0.05, 0) is 65.7 Å². The van der Waals surface area contributed by atoms with Gasteiger partial charge in [-0.3, -0.25) is 9.48 Å². The summed E-state index contributed by atoms with van der Waals surface area (Å²) in [7, 11) is 1.60. The molecule has 3 rings (SSSR count). The fourth-order valence-electron chi connectivity index (χ4n) is 3.11. The molecule has 1 aromatic heterocycles. The summed E-state index contributed by atoms with van der Waals surface area (Å²) in [5.74, 6) is 0.334. The minimum atomic E-state index is -2.94. The summed E-state index contributed by atoms with van der Waals surface area (Å²) in [5, 5.41) is 4.53. The first kappa shape index (κ1) is 22.7. The molecule has 0 aliphatic carbocycles. The number of methoxy groups -OCH3 is 1. The van der Waals surface area contributed by atoms with Crippen LogP contribution in [0.25, 0.3) is 6.08 Å². The van der Waals surface area contributed by atoms with Gasteiger partial charge < -0.3 is 9.47 Å². The van der Waals surface area contributed by atoms with E-state index in [1.54, 1.807) is 19.3 Å². The number of rotatable bonds is 8. The molecule has 0 fully saturated rings. The molecule has 0 aliphatic heterocycles. The van der Waals surface area contributed by atoms with Gasteiger partial charge in [0.25, 0.3) is 0 Å². The van der Waals surface area contributed by atoms with Crippen LogP contribution >= 0.6 is 15.9 Å². The Morgan fingerprint density at radius 1 is 1.23 bits per heavy atom. The van der Waals surface area contributed by atoms with E-state index in [9.17, 15) is 13.6 Å². The van der Waals surface area contributed by atoms with Crippen LogP contribution in [-0.2, 0) is 6.54 Å². The number of nitrogens with zero attached hydrogens (tertiary/aromatic N) is 2. The second kappa shape index (κ2) is 9.87. The second-order valence-corrected chi connectivity index (χ2v) is 7.61. The molecule has 8 heteroatoms. The Kier molecular flexibility index (Phi) is 7.22. The number of hydrogen-bond acceptors (Lipinski definition) is 4. The number of carbonyl (C=O) groups excluding carboxylic acids is 1. The van der Waals surface area contributed by atoms with Crippen LogP contribution in [0.1, 0.15) is 32.9 Å². The lowest BCUT2D eigenvalue weighted by molar-refractivity contribution is -0.0498. The van der Waals surface area contributed by atoms with E-state index in [0.717, 1.165) is 27.0 Å². The third kappa shape index (κ3) is 5.58.